The van der Waals surface area contributed by atoms with Crippen LogP contribution in [0, 0.1) is 5.82 Å². The molecule has 0 bridgehead atoms. The van der Waals surface area contributed by atoms with Crippen LogP contribution in [0.15, 0.2) is 30.5 Å². The molecule has 2 rings (SSSR count). The number of nitrogens with zero attached hydrogens (tertiary/aromatic N) is 1. The maximum Gasteiger partial charge on any atom is 0.256 e. The van der Waals surface area contributed by atoms with E-state index in [1.54, 1.807) is 24.3 Å². The van der Waals surface area contributed by atoms with Crippen LogP contribution in [-0.2, 0) is 6.54 Å². The van der Waals surface area contributed by atoms with Gasteiger partial charge in [0.1, 0.15) is 10.8 Å². The van der Waals surface area contributed by atoms with E-state index < -0.39 is 5.82 Å². The molecule has 21 heavy (non-hydrogen) atoms. The van der Waals surface area contributed by atoms with Crippen LogP contribution in [0.2, 0.25) is 10.0 Å². The first-order valence-corrected chi connectivity index (χ1v) is 7.35. The predicted molar refractivity (Wildman–Crippen MR) is 82.7 cm³/mol. The van der Waals surface area contributed by atoms with Crippen LogP contribution in [0.4, 0.5) is 4.39 Å². The van der Waals surface area contributed by atoms with Crippen molar-refractivity contribution in [1.29, 1.82) is 0 Å². The molecule has 6 heteroatoms. The predicted octanol–water partition coefficient (Wildman–Crippen LogP) is 4.82. The van der Waals surface area contributed by atoms with Crippen molar-refractivity contribution in [2.24, 2.45) is 0 Å². The summed E-state index contributed by atoms with van der Waals surface area (Å²) in [6, 6.07) is 6.53. The van der Waals surface area contributed by atoms with Crippen LogP contribution in [0.1, 0.15) is 18.9 Å². The van der Waals surface area contributed by atoms with Crippen LogP contribution in [-0.4, -0.2) is 11.5 Å². The van der Waals surface area contributed by atoms with Crippen LogP contribution in [0.3, 0.4) is 0 Å². The normalized spacial score (nSPS) is 10.7. The number of hydrogen-bond donors (Lipinski definition) is 1. The lowest BCUT2D eigenvalue weighted by Gasteiger charge is -2.11. The summed E-state index contributed by atoms with van der Waals surface area (Å²) in [4.78, 5) is 3.91. The van der Waals surface area contributed by atoms with Gasteiger partial charge in [-0.15, -0.1) is 0 Å². The second-order valence-corrected chi connectivity index (χ2v) is 5.21. The number of hydrogen-bond acceptors (Lipinski definition) is 3. The molecule has 3 nitrogen and oxygen atoms in total. The lowest BCUT2D eigenvalue weighted by Crippen LogP contribution is -2.15. The van der Waals surface area contributed by atoms with Gasteiger partial charge in [0.15, 0.2) is 5.82 Å². The number of ether oxygens (including phenoxy) is 1. The van der Waals surface area contributed by atoms with Gasteiger partial charge in [0.2, 0.25) is 0 Å². The molecule has 1 N–H and O–H groups in total. The molecule has 1 aromatic carbocycles. The number of pyridine rings is 1. The third-order valence-electron chi connectivity index (χ3n) is 2.80. The Balaban J connectivity index is 2.20. The molecular formula is C15H15Cl2FN2O. The summed E-state index contributed by atoms with van der Waals surface area (Å²) in [5.41, 5.74) is 0.492. The van der Waals surface area contributed by atoms with Crippen molar-refractivity contribution in [2.75, 3.05) is 6.54 Å². The van der Waals surface area contributed by atoms with Gasteiger partial charge in [0.25, 0.3) is 5.88 Å². The summed E-state index contributed by atoms with van der Waals surface area (Å²) in [7, 11) is 0. The number of benzene rings is 1. The topological polar surface area (TPSA) is 34.2 Å². The molecule has 1 aromatic heterocycles. The van der Waals surface area contributed by atoms with Gasteiger partial charge >= 0.3 is 0 Å². The molecule has 1 heterocycles. The smallest absolute Gasteiger partial charge is 0.256 e. The van der Waals surface area contributed by atoms with Crippen molar-refractivity contribution in [3.63, 3.8) is 0 Å². The van der Waals surface area contributed by atoms with Gasteiger partial charge in [-0.2, -0.15) is 0 Å². The zero-order valence-electron chi connectivity index (χ0n) is 11.5. The Kier molecular flexibility index (Phi) is 5.79. The van der Waals surface area contributed by atoms with Crippen molar-refractivity contribution in [1.82, 2.24) is 10.3 Å². The highest BCUT2D eigenvalue weighted by molar-refractivity contribution is 6.42. The van der Waals surface area contributed by atoms with Crippen LogP contribution < -0.4 is 10.1 Å². The average Bonchev–Trinajstić information content (AvgIpc) is 2.48. The molecule has 2 aromatic rings. The van der Waals surface area contributed by atoms with E-state index in [1.165, 1.54) is 6.20 Å². The highest BCUT2D eigenvalue weighted by Gasteiger charge is 2.14. The van der Waals surface area contributed by atoms with E-state index in [2.05, 4.69) is 10.3 Å². The number of rotatable bonds is 6. The highest BCUT2D eigenvalue weighted by Crippen LogP contribution is 2.35. The molecule has 112 valence electrons. The molecule has 0 spiro atoms. The summed E-state index contributed by atoms with van der Waals surface area (Å²) in [5.74, 6) is -0.346. The molecule has 0 aliphatic heterocycles. The molecule has 0 radical (unpaired) electrons. The molecular weight excluding hydrogens is 314 g/mol. The number of nitrogens with one attached hydrogen (secondary N) is 1. The van der Waals surface area contributed by atoms with Crippen molar-refractivity contribution in [2.45, 2.75) is 19.9 Å². The van der Waals surface area contributed by atoms with Gasteiger partial charge in [-0.3, -0.25) is 0 Å². The minimum atomic E-state index is -0.503. The Bertz CT molecular complexity index is 623. The molecule has 0 fully saturated rings. The molecule has 0 amide bonds. The van der Waals surface area contributed by atoms with E-state index in [1.807, 2.05) is 6.92 Å². The number of aromatic nitrogens is 1. The molecule has 0 aliphatic carbocycles. The van der Waals surface area contributed by atoms with Crippen molar-refractivity contribution in [3.8, 4) is 11.6 Å². The summed E-state index contributed by atoms with van der Waals surface area (Å²) >= 11 is 11.9. The SMILES string of the molecule is CCCNCc1ccnc(Oc2cccc(Cl)c2Cl)c1F. The fraction of sp³-hybridized carbons (Fsp3) is 0.267. The summed E-state index contributed by atoms with van der Waals surface area (Å²) in [6.07, 6.45) is 2.48. The van der Waals surface area contributed by atoms with E-state index in [-0.39, 0.29) is 16.7 Å². The minimum absolute atomic E-state index is 0.116. The Labute approximate surface area is 133 Å². The maximum absolute atomic E-state index is 14.3. The van der Waals surface area contributed by atoms with E-state index in [9.17, 15) is 4.39 Å². The van der Waals surface area contributed by atoms with Crippen molar-refractivity contribution in [3.05, 3.63) is 51.9 Å². The Hall–Kier alpha value is -1.36. The maximum atomic E-state index is 14.3. The molecule has 0 saturated heterocycles. The van der Waals surface area contributed by atoms with Crippen LogP contribution >= 0.6 is 23.2 Å². The molecule has 0 atom stereocenters. The second-order valence-electron chi connectivity index (χ2n) is 4.42. The van der Waals surface area contributed by atoms with Gasteiger partial charge < -0.3 is 10.1 Å². The largest absolute Gasteiger partial charge is 0.435 e. The summed E-state index contributed by atoms with van der Waals surface area (Å²) in [6.45, 7) is 3.28. The zero-order chi connectivity index (χ0) is 15.2. The van der Waals surface area contributed by atoms with Gasteiger partial charge in [0, 0.05) is 18.3 Å². The first-order valence-electron chi connectivity index (χ1n) is 6.59. The van der Waals surface area contributed by atoms with E-state index in [0.29, 0.717) is 17.1 Å². The quantitative estimate of drug-likeness (QED) is 0.772. The number of halogens is 3. The molecule has 0 unspecified atom stereocenters. The van der Waals surface area contributed by atoms with Gasteiger partial charge in [-0.25, -0.2) is 9.37 Å². The first-order chi connectivity index (χ1) is 10.1. The standard InChI is InChI=1S/C15H15Cl2FN2O/c1-2-7-19-9-10-6-8-20-15(14(10)18)21-12-5-3-4-11(16)13(12)17/h3-6,8,19H,2,7,9H2,1H3. The lowest BCUT2D eigenvalue weighted by atomic mass is 10.2. The third kappa shape index (κ3) is 4.06. The second kappa shape index (κ2) is 7.59. The van der Waals surface area contributed by atoms with E-state index >= 15 is 0 Å². The van der Waals surface area contributed by atoms with E-state index in [4.69, 9.17) is 27.9 Å². The monoisotopic (exact) mass is 328 g/mol. The van der Waals surface area contributed by atoms with E-state index in [0.717, 1.165) is 13.0 Å². The Morgan fingerprint density at radius 1 is 1.29 bits per heavy atom. The molecule has 0 aliphatic rings. The van der Waals surface area contributed by atoms with Gasteiger partial charge in [-0.1, -0.05) is 36.2 Å². The lowest BCUT2D eigenvalue weighted by molar-refractivity contribution is 0.417. The van der Waals surface area contributed by atoms with Gasteiger partial charge in [-0.05, 0) is 31.2 Å². The Morgan fingerprint density at radius 2 is 2.10 bits per heavy atom. The van der Waals surface area contributed by atoms with Crippen LogP contribution in [0.25, 0.3) is 0 Å². The highest BCUT2D eigenvalue weighted by atomic mass is 35.5. The third-order valence-corrected chi connectivity index (χ3v) is 3.60. The zero-order valence-corrected chi connectivity index (χ0v) is 13.0. The Morgan fingerprint density at radius 3 is 2.86 bits per heavy atom. The minimum Gasteiger partial charge on any atom is -0.435 e. The summed E-state index contributed by atoms with van der Waals surface area (Å²) < 4.78 is 19.8. The molecule has 0 saturated carbocycles. The summed E-state index contributed by atoms with van der Waals surface area (Å²) in [5, 5.41) is 3.71. The van der Waals surface area contributed by atoms with Crippen LogP contribution in [0.5, 0.6) is 11.6 Å². The van der Waals surface area contributed by atoms with Gasteiger partial charge in [0.05, 0.1) is 5.02 Å². The van der Waals surface area contributed by atoms with Crippen molar-refractivity contribution < 1.29 is 9.13 Å². The average molecular weight is 329 g/mol. The fourth-order valence-corrected chi connectivity index (χ4v) is 2.07. The van der Waals surface area contributed by atoms with Crippen molar-refractivity contribution >= 4 is 23.2 Å². The first kappa shape index (κ1) is 16.0. The fourth-order valence-electron chi connectivity index (χ4n) is 1.74.